The molecule has 1 aliphatic rings. The predicted octanol–water partition coefficient (Wildman–Crippen LogP) is 4.57. The Labute approximate surface area is 242 Å². The summed E-state index contributed by atoms with van der Waals surface area (Å²) in [4.78, 5) is 27.7. The number of carbonyl (C=O) groups is 1. The zero-order chi connectivity index (χ0) is 29.1. The summed E-state index contributed by atoms with van der Waals surface area (Å²) in [6, 6.07) is 16.8. The number of aromatic nitrogens is 3. The van der Waals surface area contributed by atoms with Gasteiger partial charge >= 0.3 is 6.03 Å². The van der Waals surface area contributed by atoms with Crippen molar-refractivity contribution in [3.05, 3.63) is 99.2 Å². The molecule has 0 saturated carbocycles. The Kier molecular flexibility index (Phi) is 8.53. The number of nitrogens with one attached hydrogen (secondary N) is 2. The first kappa shape index (κ1) is 28.5. The number of rotatable bonds is 8. The lowest BCUT2D eigenvalue weighted by Gasteiger charge is -2.21. The van der Waals surface area contributed by atoms with Gasteiger partial charge in [-0.3, -0.25) is 15.0 Å². The van der Waals surface area contributed by atoms with E-state index in [9.17, 15) is 14.0 Å². The van der Waals surface area contributed by atoms with Crippen LogP contribution in [0.1, 0.15) is 17.0 Å². The zero-order valence-electron chi connectivity index (χ0n) is 23.1. The van der Waals surface area contributed by atoms with E-state index in [0.717, 1.165) is 22.4 Å². The molecule has 2 amide bonds. The predicted molar refractivity (Wildman–Crippen MR) is 157 cm³/mol. The lowest BCUT2D eigenvalue weighted by Crippen LogP contribution is -2.42. The summed E-state index contributed by atoms with van der Waals surface area (Å²) in [6.45, 7) is 4.32. The molecule has 3 heterocycles. The quantitative estimate of drug-likeness (QED) is 0.319. The SMILES string of the molecule is COCCN1CC(c2ccc(Cl)c(F)c2)[C@H](NC(=O)Nc2c(C)c(-c3ccc(=O)n(C)c3)nn2-c2ccccc2)C1. The highest BCUT2D eigenvalue weighted by Crippen LogP contribution is 2.32. The van der Waals surface area contributed by atoms with Crippen LogP contribution in [-0.2, 0) is 11.8 Å². The van der Waals surface area contributed by atoms with Gasteiger partial charge < -0.3 is 14.6 Å². The largest absolute Gasteiger partial charge is 0.383 e. The summed E-state index contributed by atoms with van der Waals surface area (Å²) in [6.07, 6.45) is 1.72. The molecule has 1 saturated heterocycles. The van der Waals surface area contributed by atoms with Crippen LogP contribution < -0.4 is 16.2 Å². The van der Waals surface area contributed by atoms with Crippen molar-refractivity contribution in [2.24, 2.45) is 7.05 Å². The average molecular weight is 579 g/mol. The van der Waals surface area contributed by atoms with Crippen molar-refractivity contribution in [2.75, 3.05) is 38.7 Å². The number of urea groups is 1. The number of para-hydroxylation sites is 1. The van der Waals surface area contributed by atoms with Crippen LogP contribution in [0, 0.1) is 12.7 Å². The first-order valence-electron chi connectivity index (χ1n) is 13.3. The topological polar surface area (TPSA) is 93.4 Å². The molecule has 2 N–H and O–H groups in total. The molecular weight excluding hydrogens is 547 g/mol. The molecule has 0 spiro atoms. The van der Waals surface area contributed by atoms with Crippen molar-refractivity contribution in [3.8, 4) is 16.9 Å². The third-order valence-electron chi connectivity index (χ3n) is 7.41. The number of hydrogen-bond donors (Lipinski definition) is 2. The van der Waals surface area contributed by atoms with Crippen molar-refractivity contribution in [1.82, 2.24) is 24.6 Å². The van der Waals surface area contributed by atoms with E-state index in [0.29, 0.717) is 37.8 Å². The number of ether oxygens (including phenoxy) is 1. The maximum atomic E-state index is 14.4. The van der Waals surface area contributed by atoms with Crippen LogP contribution in [0.5, 0.6) is 0 Å². The summed E-state index contributed by atoms with van der Waals surface area (Å²) >= 11 is 5.93. The van der Waals surface area contributed by atoms with Gasteiger partial charge in [0.05, 0.1) is 29.1 Å². The normalized spacial score (nSPS) is 17.1. The van der Waals surface area contributed by atoms with Gasteiger partial charge in [-0.25, -0.2) is 13.9 Å². The monoisotopic (exact) mass is 578 g/mol. The van der Waals surface area contributed by atoms with E-state index in [1.54, 1.807) is 43.2 Å². The minimum Gasteiger partial charge on any atom is -0.383 e. The maximum Gasteiger partial charge on any atom is 0.320 e. The summed E-state index contributed by atoms with van der Waals surface area (Å²) in [5, 5.41) is 11.0. The number of pyridine rings is 1. The fourth-order valence-electron chi connectivity index (χ4n) is 5.23. The first-order chi connectivity index (χ1) is 19.7. The maximum absolute atomic E-state index is 14.4. The third-order valence-corrected chi connectivity index (χ3v) is 7.72. The molecule has 11 heteroatoms. The number of anilines is 1. The lowest BCUT2D eigenvalue weighted by atomic mass is 9.94. The molecule has 0 radical (unpaired) electrons. The summed E-state index contributed by atoms with van der Waals surface area (Å²) in [5.74, 6) is -0.136. The van der Waals surface area contributed by atoms with Crippen molar-refractivity contribution in [1.29, 1.82) is 0 Å². The molecule has 2 atom stereocenters. The van der Waals surface area contributed by atoms with E-state index in [1.807, 2.05) is 37.3 Å². The molecule has 0 bridgehead atoms. The van der Waals surface area contributed by atoms with E-state index in [1.165, 1.54) is 16.7 Å². The standard InChI is InChI=1S/C30H32ClFN6O3/c1-19-28(21-10-12-27(39)36(2)16-21)35-38(22-7-5-4-6-8-22)29(19)34-30(40)33-26-18-37(13-14-41-3)17-23(26)20-9-11-24(31)25(32)15-20/h4-12,15-16,23,26H,13-14,17-18H2,1-3H3,(H2,33,34,40)/t23?,26-/m1/s1. The molecule has 4 aromatic rings. The summed E-state index contributed by atoms with van der Waals surface area (Å²) < 4.78 is 22.8. The minimum atomic E-state index is -0.490. The Hall–Kier alpha value is -3.99. The molecule has 0 aliphatic carbocycles. The van der Waals surface area contributed by atoms with Gasteiger partial charge in [-0.2, -0.15) is 5.10 Å². The van der Waals surface area contributed by atoms with Crippen molar-refractivity contribution in [2.45, 2.75) is 18.9 Å². The Morgan fingerprint density at radius 1 is 1.15 bits per heavy atom. The average Bonchev–Trinajstić information content (AvgIpc) is 3.51. The van der Waals surface area contributed by atoms with Crippen LogP contribution in [0.15, 0.2) is 71.7 Å². The summed E-state index contributed by atoms with van der Waals surface area (Å²) in [7, 11) is 3.33. The summed E-state index contributed by atoms with van der Waals surface area (Å²) in [5.41, 5.74) is 3.53. The number of carbonyl (C=O) groups excluding carboxylic acids is 1. The first-order valence-corrected chi connectivity index (χ1v) is 13.7. The number of hydrogen-bond acceptors (Lipinski definition) is 5. The van der Waals surface area contributed by atoms with E-state index in [-0.39, 0.29) is 22.5 Å². The number of amides is 2. The van der Waals surface area contributed by atoms with Gasteiger partial charge in [0.2, 0.25) is 5.56 Å². The lowest BCUT2D eigenvalue weighted by molar-refractivity contribution is 0.159. The molecule has 214 valence electrons. The molecular formula is C30H32ClFN6O3. The van der Waals surface area contributed by atoms with Gasteiger partial charge in [0, 0.05) is 63.1 Å². The Bertz CT molecular complexity index is 1610. The number of methoxy groups -OCH3 is 1. The van der Waals surface area contributed by atoms with Crippen molar-refractivity contribution in [3.63, 3.8) is 0 Å². The van der Waals surface area contributed by atoms with Gasteiger partial charge in [0.25, 0.3) is 0 Å². The molecule has 41 heavy (non-hydrogen) atoms. The van der Waals surface area contributed by atoms with Crippen LogP contribution in [0.4, 0.5) is 15.0 Å². The number of likely N-dealkylation sites (tertiary alicyclic amines) is 1. The van der Waals surface area contributed by atoms with Crippen LogP contribution in [-0.4, -0.2) is 64.7 Å². The Morgan fingerprint density at radius 3 is 2.63 bits per heavy atom. The highest BCUT2D eigenvalue weighted by Gasteiger charge is 2.35. The van der Waals surface area contributed by atoms with Crippen molar-refractivity contribution >= 4 is 23.4 Å². The van der Waals surface area contributed by atoms with Crippen molar-refractivity contribution < 1.29 is 13.9 Å². The van der Waals surface area contributed by atoms with Gasteiger partial charge in [-0.1, -0.05) is 35.9 Å². The van der Waals surface area contributed by atoms with E-state index < -0.39 is 11.8 Å². The molecule has 1 fully saturated rings. The Morgan fingerprint density at radius 2 is 1.93 bits per heavy atom. The third kappa shape index (κ3) is 6.19. The molecule has 1 unspecified atom stereocenters. The highest BCUT2D eigenvalue weighted by atomic mass is 35.5. The molecule has 2 aromatic carbocycles. The van der Waals surface area contributed by atoms with E-state index in [2.05, 4.69) is 15.5 Å². The fourth-order valence-corrected chi connectivity index (χ4v) is 5.35. The zero-order valence-corrected chi connectivity index (χ0v) is 23.9. The smallest absolute Gasteiger partial charge is 0.320 e. The molecule has 5 rings (SSSR count). The second-order valence-electron chi connectivity index (χ2n) is 10.2. The second-order valence-corrected chi connectivity index (χ2v) is 10.6. The van der Waals surface area contributed by atoms with Gasteiger partial charge in [0.1, 0.15) is 11.6 Å². The second kappa shape index (κ2) is 12.3. The van der Waals surface area contributed by atoms with Gasteiger partial charge in [-0.05, 0) is 42.8 Å². The van der Waals surface area contributed by atoms with Crippen LogP contribution in [0.25, 0.3) is 16.9 Å². The van der Waals surface area contributed by atoms with Crippen LogP contribution in [0.2, 0.25) is 5.02 Å². The molecule has 9 nitrogen and oxygen atoms in total. The van der Waals surface area contributed by atoms with Crippen LogP contribution >= 0.6 is 11.6 Å². The number of halogens is 2. The van der Waals surface area contributed by atoms with Crippen LogP contribution in [0.3, 0.4) is 0 Å². The number of aryl methyl sites for hydroxylation is 1. The Balaban J connectivity index is 1.44. The van der Waals surface area contributed by atoms with Gasteiger partial charge in [0.15, 0.2) is 0 Å². The minimum absolute atomic E-state index is 0.0594. The fraction of sp³-hybridized carbons (Fsp3) is 0.300. The highest BCUT2D eigenvalue weighted by molar-refractivity contribution is 6.30. The van der Waals surface area contributed by atoms with E-state index in [4.69, 9.17) is 21.4 Å². The number of nitrogens with zero attached hydrogens (tertiary/aromatic N) is 4. The molecule has 2 aromatic heterocycles. The number of benzene rings is 2. The molecule has 1 aliphatic heterocycles. The van der Waals surface area contributed by atoms with Gasteiger partial charge in [-0.15, -0.1) is 0 Å². The van der Waals surface area contributed by atoms with E-state index >= 15 is 0 Å².